The average molecular weight is 365 g/mol. The van der Waals surface area contributed by atoms with Crippen molar-refractivity contribution < 1.29 is 19.4 Å². The van der Waals surface area contributed by atoms with Gasteiger partial charge < -0.3 is 14.6 Å². The maximum atomic E-state index is 11.4. The molecule has 2 atom stereocenters. The summed E-state index contributed by atoms with van der Waals surface area (Å²) < 4.78 is 11.0. The van der Waals surface area contributed by atoms with Crippen LogP contribution in [0.4, 0.5) is 0 Å². The minimum Gasteiger partial charge on any atom is -0.493 e. The Labute approximate surface area is 158 Å². The molecule has 2 aromatic rings. The van der Waals surface area contributed by atoms with Crippen LogP contribution in [0.2, 0.25) is 0 Å². The van der Waals surface area contributed by atoms with Crippen molar-refractivity contribution in [3.05, 3.63) is 58.7 Å². The molecule has 1 aliphatic heterocycles. The number of aromatic carboxylic acids is 1. The molecule has 1 N–H and O–H groups in total. The number of carboxylic acids is 1. The van der Waals surface area contributed by atoms with Crippen molar-refractivity contribution in [3.8, 4) is 11.5 Å². The first-order valence-corrected chi connectivity index (χ1v) is 9.30. The second kappa shape index (κ2) is 7.06. The molecule has 4 rings (SSSR count). The summed E-state index contributed by atoms with van der Waals surface area (Å²) in [5.41, 5.74) is 4.18. The lowest BCUT2D eigenvalue weighted by molar-refractivity contribution is 0.0697. The number of carbonyl (C=O) groups is 1. The maximum Gasteiger partial charge on any atom is 0.335 e. The molecule has 0 bridgehead atoms. The van der Waals surface area contributed by atoms with Gasteiger partial charge in [0, 0.05) is 17.0 Å². The first-order valence-electron chi connectivity index (χ1n) is 9.30. The number of hydrogen-bond donors (Lipinski definition) is 1. The van der Waals surface area contributed by atoms with Gasteiger partial charge in [-0.25, -0.2) is 4.79 Å². The molecule has 0 amide bonds. The molecule has 0 saturated heterocycles. The van der Waals surface area contributed by atoms with Crippen molar-refractivity contribution in [2.75, 3.05) is 14.2 Å². The van der Waals surface area contributed by atoms with E-state index in [0.29, 0.717) is 11.7 Å². The third-order valence-electron chi connectivity index (χ3n) is 5.62. The molecule has 0 radical (unpaired) electrons. The van der Waals surface area contributed by atoms with E-state index in [9.17, 15) is 9.90 Å². The highest BCUT2D eigenvalue weighted by Crippen LogP contribution is 2.44. The fourth-order valence-electron chi connectivity index (χ4n) is 4.30. The number of aliphatic imine (C=N–C) groups is 1. The molecular weight excluding hydrogens is 342 g/mol. The van der Waals surface area contributed by atoms with Crippen LogP contribution < -0.4 is 9.47 Å². The zero-order valence-electron chi connectivity index (χ0n) is 15.6. The largest absolute Gasteiger partial charge is 0.493 e. The fraction of sp³-hybridized carbons (Fsp3) is 0.364. The normalized spacial score (nSPS) is 20.9. The van der Waals surface area contributed by atoms with Crippen molar-refractivity contribution in [2.45, 2.75) is 37.6 Å². The minimum atomic E-state index is -0.934. The third kappa shape index (κ3) is 3.07. The monoisotopic (exact) mass is 365 g/mol. The highest BCUT2D eigenvalue weighted by Gasteiger charge is 2.34. The Morgan fingerprint density at radius 2 is 1.81 bits per heavy atom. The summed E-state index contributed by atoms with van der Waals surface area (Å²) in [5.74, 6) is 0.824. The van der Waals surface area contributed by atoms with Crippen LogP contribution >= 0.6 is 0 Å². The van der Waals surface area contributed by atoms with Crippen molar-refractivity contribution in [1.29, 1.82) is 0 Å². The summed E-state index contributed by atoms with van der Waals surface area (Å²) in [6.45, 7) is 0. The van der Waals surface area contributed by atoms with Crippen LogP contribution in [0.3, 0.4) is 0 Å². The lowest BCUT2D eigenvalue weighted by Gasteiger charge is -2.35. The standard InChI is InChI=1S/C22H23NO4/c1-26-19-11-16-15-8-3-4-9-18(15)23-21(17(16)12-20(19)27-2)13-6-5-7-14(10-13)22(24)25/h5-7,10-12,15,18H,3-4,8-9H2,1-2H3,(H,24,25)/t15-,18-/m1/s1. The molecule has 5 nitrogen and oxygen atoms in total. The fourth-order valence-corrected chi connectivity index (χ4v) is 4.30. The first-order chi connectivity index (χ1) is 13.1. The molecule has 2 aromatic carbocycles. The van der Waals surface area contributed by atoms with Gasteiger partial charge in [-0.2, -0.15) is 0 Å². The molecule has 2 aliphatic rings. The molecule has 0 spiro atoms. The smallest absolute Gasteiger partial charge is 0.335 e. The van der Waals surface area contributed by atoms with E-state index in [1.807, 2.05) is 12.1 Å². The number of fused-ring (bicyclic) bond motifs is 3. The van der Waals surface area contributed by atoms with E-state index >= 15 is 0 Å². The molecule has 1 aliphatic carbocycles. The zero-order chi connectivity index (χ0) is 19.0. The van der Waals surface area contributed by atoms with Gasteiger partial charge in [-0.15, -0.1) is 0 Å². The molecule has 1 heterocycles. The number of nitrogens with zero attached hydrogens (tertiary/aromatic N) is 1. The van der Waals surface area contributed by atoms with E-state index < -0.39 is 5.97 Å². The van der Waals surface area contributed by atoms with E-state index in [2.05, 4.69) is 6.07 Å². The summed E-state index contributed by atoms with van der Waals surface area (Å²) in [5, 5.41) is 9.36. The lowest BCUT2D eigenvalue weighted by Crippen LogP contribution is -2.29. The third-order valence-corrected chi connectivity index (χ3v) is 5.62. The Morgan fingerprint density at radius 1 is 1.07 bits per heavy atom. The zero-order valence-corrected chi connectivity index (χ0v) is 15.6. The molecule has 27 heavy (non-hydrogen) atoms. The topological polar surface area (TPSA) is 68.1 Å². The van der Waals surface area contributed by atoms with E-state index in [4.69, 9.17) is 14.5 Å². The summed E-state index contributed by atoms with van der Waals surface area (Å²) in [6.07, 6.45) is 4.55. The van der Waals surface area contributed by atoms with Gasteiger partial charge in [0.15, 0.2) is 11.5 Å². The second-order valence-corrected chi connectivity index (χ2v) is 7.12. The van der Waals surface area contributed by atoms with Crippen LogP contribution in [0.5, 0.6) is 11.5 Å². The summed E-state index contributed by atoms with van der Waals surface area (Å²) >= 11 is 0. The number of methoxy groups -OCH3 is 2. The van der Waals surface area contributed by atoms with E-state index in [-0.39, 0.29) is 11.6 Å². The van der Waals surface area contributed by atoms with Gasteiger partial charge in [0.05, 0.1) is 31.5 Å². The van der Waals surface area contributed by atoms with Crippen molar-refractivity contribution in [1.82, 2.24) is 0 Å². The quantitative estimate of drug-likeness (QED) is 0.878. The van der Waals surface area contributed by atoms with E-state index in [1.165, 1.54) is 18.4 Å². The van der Waals surface area contributed by atoms with Gasteiger partial charge in [-0.05, 0) is 42.7 Å². The Kier molecular flexibility index (Phi) is 4.60. The first kappa shape index (κ1) is 17.6. The van der Waals surface area contributed by atoms with E-state index in [0.717, 1.165) is 35.4 Å². The van der Waals surface area contributed by atoms with Gasteiger partial charge >= 0.3 is 5.97 Å². The van der Waals surface area contributed by atoms with Gasteiger partial charge in [0.2, 0.25) is 0 Å². The van der Waals surface area contributed by atoms with Crippen LogP contribution in [0, 0.1) is 0 Å². The lowest BCUT2D eigenvalue weighted by atomic mass is 9.75. The predicted molar refractivity (Wildman–Crippen MR) is 104 cm³/mol. The van der Waals surface area contributed by atoms with Gasteiger partial charge in [0.1, 0.15) is 0 Å². The van der Waals surface area contributed by atoms with Crippen LogP contribution in [0.25, 0.3) is 0 Å². The summed E-state index contributed by atoms with van der Waals surface area (Å²) in [6, 6.07) is 11.3. The van der Waals surface area contributed by atoms with E-state index in [1.54, 1.807) is 32.4 Å². The Morgan fingerprint density at radius 3 is 2.56 bits per heavy atom. The molecule has 0 aromatic heterocycles. The number of carboxylic acid groups (broad SMARTS) is 1. The molecule has 1 fully saturated rings. The Balaban J connectivity index is 1.91. The number of ether oxygens (including phenoxy) is 2. The second-order valence-electron chi connectivity index (χ2n) is 7.12. The predicted octanol–water partition coefficient (Wildman–Crippen LogP) is 4.28. The van der Waals surface area contributed by atoms with Gasteiger partial charge in [-0.1, -0.05) is 25.0 Å². The Bertz CT molecular complexity index is 919. The van der Waals surface area contributed by atoms with Gasteiger partial charge in [-0.3, -0.25) is 4.99 Å². The van der Waals surface area contributed by atoms with Crippen LogP contribution in [0.1, 0.15) is 58.6 Å². The molecule has 140 valence electrons. The SMILES string of the molecule is COc1cc2c(cc1OC)[C@H]1CCCC[C@H]1N=C2c1cccc(C(=O)O)c1. The van der Waals surface area contributed by atoms with Crippen molar-refractivity contribution in [3.63, 3.8) is 0 Å². The van der Waals surface area contributed by atoms with Crippen LogP contribution in [-0.2, 0) is 0 Å². The highest BCUT2D eigenvalue weighted by atomic mass is 16.5. The maximum absolute atomic E-state index is 11.4. The molecule has 1 saturated carbocycles. The molecule has 0 unspecified atom stereocenters. The summed E-state index contributed by atoms with van der Waals surface area (Å²) in [4.78, 5) is 16.5. The number of hydrogen-bond acceptors (Lipinski definition) is 4. The highest BCUT2D eigenvalue weighted by molar-refractivity contribution is 6.15. The van der Waals surface area contributed by atoms with Crippen molar-refractivity contribution in [2.24, 2.45) is 4.99 Å². The molecule has 5 heteroatoms. The van der Waals surface area contributed by atoms with Gasteiger partial charge in [0.25, 0.3) is 0 Å². The summed E-state index contributed by atoms with van der Waals surface area (Å²) in [7, 11) is 3.27. The minimum absolute atomic E-state index is 0.229. The van der Waals surface area contributed by atoms with Crippen LogP contribution in [-0.4, -0.2) is 37.0 Å². The number of benzene rings is 2. The van der Waals surface area contributed by atoms with Crippen LogP contribution in [0.15, 0.2) is 41.4 Å². The van der Waals surface area contributed by atoms with Crippen molar-refractivity contribution >= 4 is 11.7 Å². The Hall–Kier alpha value is -2.82. The molecular formula is C22H23NO4. The average Bonchev–Trinajstić information content (AvgIpc) is 2.72. The number of rotatable bonds is 4.